The summed E-state index contributed by atoms with van der Waals surface area (Å²) in [6.07, 6.45) is 0.397. The Morgan fingerprint density at radius 3 is 2.77 bits per heavy atom. The number of carbonyl (C=O) groups excluding carboxylic acids is 1. The molecule has 0 bridgehead atoms. The number of amides is 1. The maximum atomic E-state index is 12.6. The van der Waals surface area contributed by atoms with Crippen molar-refractivity contribution in [1.82, 2.24) is 5.32 Å². The van der Waals surface area contributed by atoms with Crippen molar-refractivity contribution in [2.24, 2.45) is 0 Å². The highest BCUT2D eigenvalue weighted by atomic mass is 31.2. The third-order valence-electron chi connectivity index (χ3n) is 3.43. The van der Waals surface area contributed by atoms with Crippen molar-refractivity contribution in [2.75, 3.05) is 6.61 Å². The highest BCUT2D eigenvalue weighted by molar-refractivity contribution is 7.60. The van der Waals surface area contributed by atoms with Gasteiger partial charge in [-0.25, -0.2) is 13.8 Å². The van der Waals surface area contributed by atoms with Gasteiger partial charge in [0, 0.05) is 6.42 Å². The van der Waals surface area contributed by atoms with Crippen LogP contribution in [0.4, 0.5) is 4.79 Å². The molecule has 2 rings (SSSR count). The van der Waals surface area contributed by atoms with E-state index >= 15 is 0 Å². The van der Waals surface area contributed by atoms with Gasteiger partial charge in [-0.3, -0.25) is 5.32 Å². The first kappa shape index (κ1) is 17.2. The first-order valence-corrected chi connectivity index (χ1v) is 9.08. The van der Waals surface area contributed by atoms with Crippen LogP contribution in [0.1, 0.15) is 32.3 Å². The topological polar surface area (TPSA) is 79.9 Å². The summed E-state index contributed by atoms with van der Waals surface area (Å²) < 4.78 is 15.9. The summed E-state index contributed by atoms with van der Waals surface area (Å²) in [5.74, 6) is -0.652. The minimum atomic E-state index is -3.31. The Kier molecular flexibility index (Phi) is 6.15. The van der Waals surface area contributed by atoms with E-state index in [-0.39, 0.29) is 19.3 Å². The second kappa shape index (κ2) is 7.88. The van der Waals surface area contributed by atoms with Crippen LogP contribution in [-0.2, 0) is 20.4 Å². The molecule has 1 aliphatic heterocycles. The Labute approximate surface area is 131 Å². The third-order valence-corrected chi connectivity index (χ3v) is 5.74. The zero-order valence-corrected chi connectivity index (χ0v) is 13.8. The fourth-order valence-corrected chi connectivity index (χ4v) is 4.44. The molecule has 3 unspecified atom stereocenters. The molecule has 1 aliphatic rings. The first-order valence-electron chi connectivity index (χ1n) is 7.47. The summed E-state index contributed by atoms with van der Waals surface area (Å²) >= 11 is 0. The number of rotatable bonds is 6. The monoisotopic (exact) mass is 327 g/mol. The molecule has 1 aromatic carbocycles. The van der Waals surface area contributed by atoms with Crippen molar-refractivity contribution in [1.29, 1.82) is 0 Å². The predicted octanol–water partition coefficient (Wildman–Crippen LogP) is 2.60. The van der Waals surface area contributed by atoms with Crippen LogP contribution < -0.4 is 10.2 Å². The molecule has 1 heterocycles. The van der Waals surface area contributed by atoms with Gasteiger partial charge in [0.25, 0.3) is 7.94 Å². The standard InChI is InChI=1S/C15H22NO5P/c1-3-13-10-14(22(18,21-13)20-4-2)16-15(17)19-11-12-8-6-5-7-9-12/h5-9,13-14H,3-4,10-11H2,1-2H3,(H,16,17). The number of hydrogen-bond donors (Lipinski definition) is 1. The number of alkyl carbamates (subject to hydrolysis) is 1. The number of ether oxygens (including phenoxy) is 1. The Bertz CT molecular complexity index is 486. The number of carbonyl (C=O) groups is 1. The lowest BCUT2D eigenvalue weighted by Crippen LogP contribution is -2.38. The average Bonchev–Trinajstić information content (AvgIpc) is 2.83. The quantitative estimate of drug-likeness (QED) is 0.812. The van der Waals surface area contributed by atoms with E-state index in [0.29, 0.717) is 12.8 Å². The van der Waals surface area contributed by atoms with Crippen molar-refractivity contribution < 1.29 is 23.5 Å². The molecule has 0 spiro atoms. The molecule has 7 heteroatoms. The maximum Gasteiger partial charge on any atom is 0.410 e. The predicted molar refractivity (Wildman–Crippen MR) is 81.9 cm³/mol. The molecular formula is C15H22NO5P. The van der Waals surface area contributed by atoms with E-state index in [9.17, 15) is 9.69 Å². The summed E-state index contributed by atoms with van der Waals surface area (Å²) in [5.41, 5.74) is 0.889. The van der Waals surface area contributed by atoms with Gasteiger partial charge in [-0.05, 0) is 18.9 Å². The summed E-state index contributed by atoms with van der Waals surface area (Å²) in [7, 11) is -3.31. The normalized spacial score (nSPS) is 27.6. The molecule has 1 aromatic rings. The van der Waals surface area contributed by atoms with E-state index in [1.54, 1.807) is 6.92 Å². The first-order chi connectivity index (χ1) is 10.6. The molecule has 1 saturated heterocycles. The Hall–Kier alpha value is -1.20. The van der Waals surface area contributed by atoms with Gasteiger partial charge in [-0.15, -0.1) is 0 Å². The smallest absolute Gasteiger partial charge is 0.410 e. The maximum absolute atomic E-state index is 12.6. The van der Waals surface area contributed by atoms with Gasteiger partial charge in [-0.1, -0.05) is 37.3 Å². The van der Waals surface area contributed by atoms with Crippen LogP contribution in [0.25, 0.3) is 0 Å². The van der Waals surface area contributed by atoms with E-state index in [0.717, 1.165) is 5.56 Å². The van der Waals surface area contributed by atoms with Crippen molar-refractivity contribution in [2.45, 2.75) is 45.2 Å². The van der Waals surface area contributed by atoms with Gasteiger partial charge in [0.15, 0.2) is 5.78 Å². The Balaban J connectivity index is 1.89. The molecule has 0 aliphatic carbocycles. The van der Waals surface area contributed by atoms with Crippen LogP contribution in [-0.4, -0.2) is 24.6 Å². The van der Waals surface area contributed by atoms with Crippen LogP contribution in [0.3, 0.4) is 0 Å². The summed E-state index contributed by atoms with van der Waals surface area (Å²) in [6, 6.07) is 9.37. The summed E-state index contributed by atoms with van der Waals surface area (Å²) in [4.78, 5) is 24.5. The molecule has 1 amide bonds. The average molecular weight is 327 g/mol. The van der Waals surface area contributed by atoms with Gasteiger partial charge in [-0.2, -0.15) is 0 Å². The van der Waals surface area contributed by atoms with Crippen molar-refractivity contribution in [3.8, 4) is 0 Å². The number of benzene rings is 1. The molecule has 0 radical (unpaired) electrons. The van der Waals surface area contributed by atoms with Gasteiger partial charge >= 0.3 is 6.09 Å². The fourth-order valence-electron chi connectivity index (χ4n) is 2.28. The van der Waals surface area contributed by atoms with Gasteiger partial charge < -0.3 is 9.63 Å². The number of nitrogens with one attached hydrogen (secondary N) is 1. The van der Waals surface area contributed by atoms with Crippen molar-refractivity contribution >= 4 is 14.0 Å². The second-order valence-electron chi connectivity index (χ2n) is 5.05. The lowest BCUT2D eigenvalue weighted by Gasteiger charge is -2.27. The highest BCUT2D eigenvalue weighted by Crippen LogP contribution is 2.63. The highest BCUT2D eigenvalue weighted by Gasteiger charge is 2.51. The molecule has 0 saturated carbocycles. The third kappa shape index (κ3) is 4.40. The molecule has 122 valence electrons. The van der Waals surface area contributed by atoms with Crippen LogP contribution in [0.15, 0.2) is 30.3 Å². The zero-order chi connectivity index (χ0) is 16.0. The minimum Gasteiger partial charge on any atom is -0.630 e. The van der Waals surface area contributed by atoms with Crippen LogP contribution in [0.5, 0.6) is 0 Å². The largest absolute Gasteiger partial charge is 0.630 e. The van der Waals surface area contributed by atoms with Gasteiger partial charge in [0.2, 0.25) is 0 Å². The van der Waals surface area contributed by atoms with E-state index in [1.807, 2.05) is 37.3 Å². The van der Waals surface area contributed by atoms with Crippen LogP contribution >= 0.6 is 7.94 Å². The number of hydrogen-bond acceptors (Lipinski definition) is 5. The second-order valence-corrected chi connectivity index (χ2v) is 7.22. The van der Waals surface area contributed by atoms with Crippen LogP contribution in [0.2, 0.25) is 0 Å². The lowest BCUT2D eigenvalue weighted by atomic mass is 10.2. The van der Waals surface area contributed by atoms with E-state index in [4.69, 9.17) is 13.8 Å². The Morgan fingerprint density at radius 1 is 1.41 bits per heavy atom. The molecule has 6 nitrogen and oxygen atoms in total. The summed E-state index contributed by atoms with van der Waals surface area (Å²) in [5, 5.41) is 2.61. The molecule has 22 heavy (non-hydrogen) atoms. The summed E-state index contributed by atoms with van der Waals surface area (Å²) in [6.45, 7) is 4.12. The lowest BCUT2D eigenvalue weighted by molar-refractivity contribution is -0.219. The minimum absolute atomic E-state index is 0.163. The van der Waals surface area contributed by atoms with Gasteiger partial charge in [0.05, 0.1) is 6.61 Å². The molecule has 1 fully saturated rings. The van der Waals surface area contributed by atoms with E-state index in [1.165, 1.54) is 0 Å². The van der Waals surface area contributed by atoms with E-state index in [2.05, 4.69) is 5.32 Å². The van der Waals surface area contributed by atoms with Crippen LogP contribution in [0, 0.1) is 0 Å². The van der Waals surface area contributed by atoms with E-state index < -0.39 is 19.8 Å². The zero-order valence-electron chi connectivity index (χ0n) is 12.9. The SMILES string of the molecule is CCO[P+]1([O-])OC(CC)CC1NC(=O)OCc1ccccc1. The van der Waals surface area contributed by atoms with Crippen molar-refractivity contribution in [3.63, 3.8) is 0 Å². The molecular weight excluding hydrogens is 305 g/mol. The molecule has 1 N–H and O–H groups in total. The van der Waals surface area contributed by atoms with Crippen molar-refractivity contribution in [3.05, 3.63) is 35.9 Å². The van der Waals surface area contributed by atoms with Gasteiger partial charge in [0.1, 0.15) is 12.7 Å². The fraction of sp³-hybridized carbons (Fsp3) is 0.533. The molecule has 3 atom stereocenters. The molecule has 0 aromatic heterocycles. The Morgan fingerprint density at radius 2 is 2.14 bits per heavy atom.